The van der Waals surface area contributed by atoms with Crippen molar-refractivity contribution in [1.82, 2.24) is 15.8 Å². The molecular formula is C22H20N4O2. The number of rotatable bonds is 4. The van der Waals surface area contributed by atoms with E-state index in [4.69, 9.17) is 0 Å². The fraction of sp³-hybridized carbons (Fsp3) is 0.136. The number of amides is 2. The lowest BCUT2D eigenvalue weighted by molar-refractivity contribution is -0.137. The van der Waals surface area contributed by atoms with E-state index >= 15 is 0 Å². The molecule has 0 spiro atoms. The Bertz CT molecular complexity index is 948. The molecule has 1 saturated heterocycles. The average molecular weight is 372 g/mol. The van der Waals surface area contributed by atoms with Gasteiger partial charge in [-0.15, -0.1) is 0 Å². The van der Waals surface area contributed by atoms with Crippen molar-refractivity contribution in [2.24, 2.45) is 5.92 Å². The molecule has 6 nitrogen and oxygen atoms in total. The van der Waals surface area contributed by atoms with E-state index < -0.39 is 5.92 Å². The summed E-state index contributed by atoms with van der Waals surface area (Å²) in [5.74, 6) is -1.98. The maximum atomic E-state index is 13.1. The predicted molar refractivity (Wildman–Crippen MR) is 106 cm³/mol. The summed E-state index contributed by atoms with van der Waals surface area (Å²) in [5, 5.41) is 2.82. The van der Waals surface area contributed by atoms with E-state index in [1.165, 1.54) is 0 Å². The maximum absolute atomic E-state index is 13.1. The standard InChI is InChI=1S/C22H20N4O2/c27-21(24-17-12-7-13-23-14-17)19-18(15-8-3-1-4-9-15)20(25-26-22(19)28)16-10-5-2-6-11-16/h1-14,18-20,25H,(H,24,27)(H,26,28). The van der Waals surface area contributed by atoms with E-state index in [1.54, 1.807) is 24.5 Å². The fourth-order valence-corrected chi connectivity index (χ4v) is 3.62. The first-order valence-electron chi connectivity index (χ1n) is 9.10. The number of nitrogens with one attached hydrogen (secondary N) is 3. The molecule has 2 heterocycles. The monoisotopic (exact) mass is 372 g/mol. The van der Waals surface area contributed by atoms with Crippen LogP contribution in [0.15, 0.2) is 85.2 Å². The van der Waals surface area contributed by atoms with Crippen LogP contribution in [0.2, 0.25) is 0 Å². The van der Waals surface area contributed by atoms with Crippen molar-refractivity contribution in [2.45, 2.75) is 12.0 Å². The van der Waals surface area contributed by atoms with Gasteiger partial charge in [0.2, 0.25) is 11.8 Å². The van der Waals surface area contributed by atoms with Crippen LogP contribution in [0.3, 0.4) is 0 Å². The van der Waals surface area contributed by atoms with Crippen molar-refractivity contribution in [2.75, 3.05) is 5.32 Å². The van der Waals surface area contributed by atoms with E-state index in [-0.39, 0.29) is 23.8 Å². The third-order valence-corrected chi connectivity index (χ3v) is 4.91. The van der Waals surface area contributed by atoms with Crippen LogP contribution in [0.1, 0.15) is 23.1 Å². The molecule has 3 atom stereocenters. The fourth-order valence-electron chi connectivity index (χ4n) is 3.62. The van der Waals surface area contributed by atoms with Gasteiger partial charge in [-0.05, 0) is 23.3 Å². The SMILES string of the molecule is O=C1NNC(c2ccccc2)C(c2ccccc2)C1C(=O)Nc1cccnc1. The van der Waals surface area contributed by atoms with E-state index in [1.807, 2.05) is 60.7 Å². The molecule has 3 aromatic rings. The van der Waals surface area contributed by atoms with Crippen LogP contribution in [0.4, 0.5) is 5.69 Å². The quantitative estimate of drug-likeness (QED) is 0.615. The Balaban J connectivity index is 1.73. The zero-order valence-electron chi connectivity index (χ0n) is 15.1. The molecule has 1 aliphatic heterocycles. The summed E-state index contributed by atoms with van der Waals surface area (Å²) in [7, 11) is 0. The third kappa shape index (κ3) is 3.63. The van der Waals surface area contributed by atoms with Gasteiger partial charge >= 0.3 is 0 Å². The van der Waals surface area contributed by atoms with E-state index in [0.29, 0.717) is 5.69 Å². The number of pyridine rings is 1. The first-order valence-corrected chi connectivity index (χ1v) is 9.10. The minimum atomic E-state index is -0.894. The number of anilines is 1. The van der Waals surface area contributed by atoms with Crippen LogP contribution in [0, 0.1) is 5.92 Å². The molecule has 3 unspecified atom stereocenters. The summed E-state index contributed by atoms with van der Waals surface area (Å²) in [6.07, 6.45) is 3.19. The van der Waals surface area contributed by atoms with Crippen molar-refractivity contribution in [1.29, 1.82) is 0 Å². The number of carbonyl (C=O) groups excluding carboxylic acids is 2. The zero-order chi connectivity index (χ0) is 19.3. The second-order valence-corrected chi connectivity index (χ2v) is 6.67. The highest BCUT2D eigenvalue weighted by molar-refractivity contribution is 6.07. The van der Waals surface area contributed by atoms with Crippen LogP contribution in [0.25, 0.3) is 0 Å². The molecule has 28 heavy (non-hydrogen) atoms. The molecule has 0 radical (unpaired) electrons. The Morgan fingerprint density at radius 3 is 2.21 bits per heavy atom. The van der Waals surface area contributed by atoms with Gasteiger partial charge in [0, 0.05) is 12.1 Å². The number of aromatic nitrogens is 1. The van der Waals surface area contributed by atoms with Crippen molar-refractivity contribution < 1.29 is 9.59 Å². The molecule has 1 aliphatic rings. The molecule has 0 saturated carbocycles. The van der Waals surface area contributed by atoms with Gasteiger partial charge in [0.15, 0.2) is 0 Å². The highest BCUT2D eigenvalue weighted by Gasteiger charge is 2.44. The lowest BCUT2D eigenvalue weighted by Crippen LogP contribution is -2.56. The molecule has 2 aromatic carbocycles. The molecule has 0 aliphatic carbocycles. The zero-order valence-corrected chi connectivity index (χ0v) is 15.1. The maximum Gasteiger partial charge on any atom is 0.247 e. The molecule has 1 aromatic heterocycles. The van der Waals surface area contributed by atoms with Gasteiger partial charge in [0.05, 0.1) is 17.9 Å². The van der Waals surface area contributed by atoms with E-state index in [2.05, 4.69) is 21.2 Å². The topological polar surface area (TPSA) is 83.1 Å². The smallest absolute Gasteiger partial charge is 0.247 e. The second-order valence-electron chi connectivity index (χ2n) is 6.67. The number of hydrazine groups is 1. The van der Waals surface area contributed by atoms with Crippen molar-refractivity contribution >= 4 is 17.5 Å². The van der Waals surface area contributed by atoms with Crippen LogP contribution in [-0.2, 0) is 9.59 Å². The molecule has 140 valence electrons. The largest absolute Gasteiger partial charge is 0.324 e. The lowest BCUT2D eigenvalue weighted by atomic mass is 9.76. The molecule has 4 rings (SSSR count). The Labute approximate surface area is 163 Å². The van der Waals surface area contributed by atoms with Gasteiger partial charge in [-0.1, -0.05) is 60.7 Å². The Morgan fingerprint density at radius 2 is 1.57 bits per heavy atom. The van der Waals surface area contributed by atoms with Crippen molar-refractivity contribution in [3.05, 3.63) is 96.3 Å². The first-order chi connectivity index (χ1) is 13.7. The van der Waals surface area contributed by atoms with Crippen molar-refractivity contribution in [3.63, 3.8) is 0 Å². The Hall–Kier alpha value is -3.51. The number of carbonyl (C=O) groups is 2. The number of nitrogens with zero attached hydrogens (tertiary/aromatic N) is 1. The van der Waals surface area contributed by atoms with Gasteiger partial charge in [0.1, 0.15) is 5.92 Å². The average Bonchev–Trinajstić information content (AvgIpc) is 2.75. The Kier molecular flexibility index (Phi) is 5.12. The van der Waals surface area contributed by atoms with Crippen LogP contribution in [0.5, 0.6) is 0 Å². The minimum Gasteiger partial charge on any atom is -0.324 e. The summed E-state index contributed by atoms with van der Waals surface area (Å²) in [5.41, 5.74) is 8.25. The normalized spacial score (nSPS) is 21.6. The molecule has 3 N–H and O–H groups in total. The second kappa shape index (κ2) is 8.02. The third-order valence-electron chi connectivity index (χ3n) is 4.91. The van der Waals surface area contributed by atoms with Gasteiger partial charge < -0.3 is 5.32 Å². The molecular weight excluding hydrogens is 352 g/mol. The summed E-state index contributed by atoms with van der Waals surface area (Å²) in [6.45, 7) is 0. The van der Waals surface area contributed by atoms with Gasteiger partial charge in [-0.2, -0.15) is 0 Å². The summed E-state index contributed by atoms with van der Waals surface area (Å²) >= 11 is 0. The summed E-state index contributed by atoms with van der Waals surface area (Å²) in [6, 6.07) is 22.7. The number of hydrogen-bond acceptors (Lipinski definition) is 4. The highest BCUT2D eigenvalue weighted by Crippen LogP contribution is 2.39. The number of hydrogen-bond donors (Lipinski definition) is 3. The predicted octanol–water partition coefficient (Wildman–Crippen LogP) is 2.80. The van der Waals surface area contributed by atoms with Crippen molar-refractivity contribution in [3.8, 4) is 0 Å². The van der Waals surface area contributed by atoms with E-state index in [9.17, 15) is 9.59 Å². The van der Waals surface area contributed by atoms with Crippen LogP contribution >= 0.6 is 0 Å². The lowest BCUT2D eigenvalue weighted by Gasteiger charge is -2.38. The van der Waals surface area contributed by atoms with Gasteiger partial charge in [0.25, 0.3) is 0 Å². The van der Waals surface area contributed by atoms with Crippen LogP contribution in [-0.4, -0.2) is 16.8 Å². The Morgan fingerprint density at radius 1 is 0.893 bits per heavy atom. The molecule has 2 amide bonds. The van der Waals surface area contributed by atoms with Gasteiger partial charge in [-0.25, -0.2) is 5.43 Å². The summed E-state index contributed by atoms with van der Waals surface area (Å²) in [4.78, 5) is 29.9. The minimum absolute atomic E-state index is 0.244. The van der Waals surface area contributed by atoms with Gasteiger partial charge in [-0.3, -0.25) is 20.0 Å². The number of benzene rings is 2. The van der Waals surface area contributed by atoms with Crippen LogP contribution < -0.4 is 16.2 Å². The summed E-state index contributed by atoms with van der Waals surface area (Å²) < 4.78 is 0. The molecule has 1 fully saturated rings. The molecule has 0 bridgehead atoms. The first kappa shape index (κ1) is 17.9. The highest BCUT2D eigenvalue weighted by atomic mass is 16.2. The molecule has 6 heteroatoms. The van der Waals surface area contributed by atoms with E-state index in [0.717, 1.165) is 11.1 Å².